The second kappa shape index (κ2) is 8.58. The number of hydrogen-bond donors (Lipinski definition) is 1. The Bertz CT molecular complexity index is 703. The molecule has 0 atom stereocenters. The molecule has 130 valence electrons. The number of thioether (sulfide) groups is 1. The molecule has 24 heavy (non-hydrogen) atoms. The summed E-state index contributed by atoms with van der Waals surface area (Å²) in [4.78, 5) is 12.2. The first-order valence-corrected chi connectivity index (χ1v) is 8.68. The minimum atomic E-state index is -0.143. The van der Waals surface area contributed by atoms with Gasteiger partial charge < -0.3 is 19.4 Å². The summed E-state index contributed by atoms with van der Waals surface area (Å²) in [5, 5.41) is 11.9. The van der Waals surface area contributed by atoms with Crippen molar-refractivity contribution in [2.75, 3.05) is 25.3 Å². The maximum absolute atomic E-state index is 12.2. The van der Waals surface area contributed by atoms with Crippen LogP contribution in [0.15, 0.2) is 23.4 Å². The Morgan fingerprint density at radius 2 is 2.04 bits per heavy atom. The van der Waals surface area contributed by atoms with Gasteiger partial charge in [-0.2, -0.15) is 0 Å². The summed E-state index contributed by atoms with van der Waals surface area (Å²) in [5.41, 5.74) is 0.577. The Morgan fingerprint density at radius 3 is 2.67 bits per heavy atom. The van der Waals surface area contributed by atoms with E-state index >= 15 is 0 Å². The van der Waals surface area contributed by atoms with Crippen LogP contribution in [0, 0.1) is 0 Å². The zero-order valence-electron chi connectivity index (χ0n) is 14.3. The van der Waals surface area contributed by atoms with Crippen LogP contribution in [0.1, 0.15) is 19.7 Å². The topological polar surface area (TPSA) is 78.3 Å². The van der Waals surface area contributed by atoms with Gasteiger partial charge in [0.2, 0.25) is 5.91 Å². The highest BCUT2D eigenvalue weighted by molar-refractivity contribution is 7.99. The standard InChI is InChI=1S/C16H22N4O3S/c1-5-14-18-19-16(20(14)6-2)24-10-15(21)17-12-9-11(22-3)7-8-13(12)23-4/h7-9H,5-6,10H2,1-4H3,(H,17,21). The number of ether oxygens (including phenoxy) is 2. The van der Waals surface area contributed by atoms with Gasteiger partial charge in [-0.25, -0.2) is 0 Å². The van der Waals surface area contributed by atoms with Crippen molar-refractivity contribution >= 4 is 23.4 Å². The first kappa shape index (κ1) is 18.1. The molecule has 7 nitrogen and oxygen atoms in total. The Labute approximate surface area is 145 Å². The van der Waals surface area contributed by atoms with Crippen molar-refractivity contribution in [2.45, 2.75) is 32.0 Å². The van der Waals surface area contributed by atoms with E-state index in [9.17, 15) is 4.79 Å². The summed E-state index contributed by atoms with van der Waals surface area (Å²) in [6.45, 7) is 4.85. The SMILES string of the molecule is CCc1nnc(SCC(=O)Nc2cc(OC)ccc2OC)n1CC. The molecule has 0 aliphatic rings. The molecule has 0 radical (unpaired) electrons. The quantitative estimate of drug-likeness (QED) is 0.737. The molecule has 0 fully saturated rings. The van der Waals surface area contributed by atoms with Crippen LogP contribution in [0.2, 0.25) is 0 Å². The third-order valence-corrected chi connectivity index (χ3v) is 4.41. The minimum Gasteiger partial charge on any atom is -0.497 e. The highest BCUT2D eigenvalue weighted by Crippen LogP contribution is 2.29. The number of aromatic nitrogens is 3. The van der Waals surface area contributed by atoms with Crippen LogP contribution in [-0.4, -0.2) is 40.6 Å². The fraction of sp³-hybridized carbons (Fsp3) is 0.438. The summed E-state index contributed by atoms with van der Waals surface area (Å²) in [6.07, 6.45) is 0.814. The van der Waals surface area contributed by atoms with E-state index in [4.69, 9.17) is 9.47 Å². The minimum absolute atomic E-state index is 0.143. The molecule has 0 spiro atoms. The van der Waals surface area contributed by atoms with Gasteiger partial charge in [-0.05, 0) is 19.1 Å². The average molecular weight is 350 g/mol. The van der Waals surface area contributed by atoms with Crippen LogP contribution in [0.3, 0.4) is 0 Å². The number of rotatable bonds is 8. The van der Waals surface area contributed by atoms with Gasteiger partial charge in [0.1, 0.15) is 17.3 Å². The first-order valence-electron chi connectivity index (χ1n) is 7.69. The summed E-state index contributed by atoms with van der Waals surface area (Å²) in [5.74, 6) is 2.25. The van der Waals surface area contributed by atoms with Crippen LogP contribution in [0.4, 0.5) is 5.69 Å². The normalized spacial score (nSPS) is 10.5. The molecule has 1 aromatic carbocycles. The van der Waals surface area contributed by atoms with Crippen LogP contribution >= 0.6 is 11.8 Å². The molecule has 0 saturated heterocycles. The second-order valence-corrected chi connectivity index (χ2v) is 5.84. The van der Waals surface area contributed by atoms with Gasteiger partial charge in [-0.15, -0.1) is 10.2 Å². The van der Waals surface area contributed by atoms with Crippen molar-refractivity contribution in [2.24, 2.45) is 0 Å². The van der Waals surface area contributed by atoms with Gasteiger partial charge >= 0.3 is 0 Å². The summed E-state index contributed by atoms with van der Waals surface area (Å²) in [7, 11) is 3.13. The van der Waals surface area contributed by atoms with Crippen LogP contribution in [0.5, 0.6) is 11.5 Å². The molecule has 8 heteroatoms. The smallest absolute Gasteiger partial charge is 0.234 e. The maximum Gasteiger partial charge on any atom is 0.234 e. The molecule has 2 rings (SSSR count). The van der Waals surface area contributed by atoms with Crippen molar-refractivity contribution in [1.82, 2.24) is 14.8 Å². The molecule has 1 aromatic heterocycles. The highest BCUT2D eigenvalue weighted by Gasteiger charge is 2.13. The van der Waals surface area contributed by atoms with E-state index in [0.29, 0.717) is 17.2 Å². The van der Waals surface area contributed by atoms with Gasteiger partial charge in [-0.3, -0.25) is 4.79 Å². The number of benzene rings is 1. The predicted molar refractivity (Wildman–Crippen MR) is 94.0 cm³/mol. The molecule has 1 amide bonds. The molecule has 0 bridgehead atoms. The largest absolute Gasteiger partial charge is 0.497 e. The van der Waals surface area contributed by atoms with Crippen molar-refractivity contribution in [3.8, 4) is 11.5 Å². The van der Waals surface area contributed by atoms with Gasteiger partial charge in [0.25, 0.3) is 0 Å². The van der Waals surface area contributed by atoms with E-state index in [1.807, 2.05) is 18.4 Å². The Kier molecular flexibility index (Phi) is 6.48. The Hall–Kier alpha value is -2.22. The molecular formula is C16H22N4O3S. The number of anilines is 1. The number of carbonyl (C=O) groups is 1. The number of hydrogen-bond acceptors (Lipinski definition) is 6. The van der Waals surface area contributed by atoms with Gasteiger partial charge in [0.05, 0.1) is 25.7 Å². The molecule has 1 heterocycles. The summed E-state index contributed by atoms with van der Waals surface area (Å²) in [6, 6.07) is 5.26. The van der Waals surface area contributed by atoms with Crippen molar-refractivity contribution in [3.63, 3.8) is 0 Å². The van der Waals surface area contributed by atoms with Crippen molar-refractivity contribution in [3.05, 3.63) is 24.0 Å². The lowest BCUT2D eigenvalue weighted by Crippen LogP contribution is -2.15. The molecule has 0 aliphatic carbocycles. The maximum atomic E-state index is 12.2. The fourth-order valence-corrected chi connectivity index (χ4v) is 3.05. The number of aryl methyl sites for hydroxylation is 1. The lowest BCUT2D eigenvalue weighted by atomic mass is 10.2. The molecule has 0 saturated carbocycles. The van der Waals surface area contributed by atoms with E-state index < -0.39 is 0 Å². The monoisotopic (exact) mass is 350 g/mol. The summed E-state index contributed by atoms with van der Waals surface area (Å²) >= 11 is 1.36. The lowest BCUT2D eigenvalue weighted by Gasteiger charge is -2.11. The highest BCUT2D eigenvalue weighted by atomic mass is 32.2. The molecule has 0 aliphatic heterocycles. The van der Waals surface area contributed by atoms with Crippen LogP contribution in [0.25, 0.3) is 0 Å². The number of amides is 1. The first-order chi connectivity index (χ1) is 11.6. The van der Waals surface area contributed by atoms with Crippen LogP contribution < -0.4 is 14.8 Å². The Morgan fingerprint density at radius 1 is 1.25 bits per heavy atom. The molecule has 2 aromatic rings. The number of carbonyl (C=O) groups excluding carboxylic acids is 1. The van der Waals surface area contributed by atoms with Gasteiger partial charge in [-0.1, -0.05) is 18.7 Å². The van der Waals surface area contributed by atoms with E-state index in [1.54, 1.807) is 32.4 Å². The van der Waals surface area contributed by atoms with E-state index in [2.05, 4.69) is 15.5 Å². The predicted octanol–water partition coefficient (Wildman–Crippen LogP) is 2.61. The number of nitrogens with zero attached hydrogens (tertiary/aromatic N) is 3. The zero-order chi connectivity index (χ0) is 17.5. The second-order valence-electron chi connectivity index (χ2n) is 4.90. The van der Waals surface area contributed by atoms with E-state index in [0.717, 1.165) is 23.9 Å². The average Bonchev–Trinajstić information content (AvgIpc) is 3.01. The van der Waals surface area contributed by atoms with E-state index in [-0.39, 0.29) is 11.7 Å². The van der Waals surface area contributed by atoms with Gasteiger partial charge in [0, 0.05) is 19.0 Å². The summed E-state index contributed by atoms with van der Waals surface area (Å²) < 4.78 is 12.5. The number of methoxy groups -OCH3 is 2. The van der Waals surface area contributed by atoms with Crippen molar-refractivity contribution < 1.29 is 14.3 Å². The number of nitrogens with one attached hydrogen (secondary N) is 1. The molecular weight excluding hydrogens is 328 g/mol. The molecule has 1 N–H and O–H groups in total. The fourth-order valence-electron chi connectivity index (χ4n) is 2.23. The zero-order valence-corrected chi connectivity index (χ0v) is 15.1. The third kappa shape index (κ3) is 4.19. The third-order valence-electron chi connectivity index (χ3n) is 3.44. The van der Waals surface area contributed by atoms with E-state index in [1.165, 1.54) is 11.8 Å². The van der Waals surface area contributed by atoms with Crippen molar-refractivity contribution in [1.29, 1.82) is 0 Å². The van der Waals surface area contributed by atoms with Gasteiger partial charge in [0.15, 0.2) is 5.16 Å². The lowest BCUT2D eigenvalue weighted by molar-refractivity contribution is -0.113. The van der Waals surface area contributed by atoms with Crippen LogP contribution in [-0.2, 0) is 17.8 Å². The Balaban J connectivity index is 2.02. The molecule has 0 unspecified atom stereocenters.